The number of aliphatic hydroxyl groups is 1. The number of nitrogens with zero attached hydrogens (tertiary/aromatic N) is 4. The molecule has 3 fully saturated rings. The number of carbonyl (C=O) groups is 3. The van der Waals surface area contributed by atoms with E-state index in [2.05, 4.69) is 27.9 Å². The molecule has 3 unspecified atom stereocenters. The van der Waals surface area contributed by atoms with Gasteiger partial charge in [-0.3, -0.25) is 14.4 Å². The summed E-state index contributed by atoms with van der Waals surface area (Å²) >= 11 is 1.63. The summed E-state index contributed by atoms with van der Waals surface area (Å²) < 4.78 is 0.860. The molecule has 0 aliphatic carbocycles. The number of amides is 3. The molecule has 4 heterocycles. The van der Waals surface area contributed by atoms with Crippen molar-refractivity contribution in [1.29, 1.82) is 0 Å². The van der Waals surface area contributed by atoms with Crippen LogP contribution < -0.4 is 10.6 Å². The average molecular weight is 591 g/mol. The summed E-state index contributed by atoms with van der Waals surface area (Å²) in [7, 11) is 0. The average Bonchev–Trinajstić information content (AvgIpc) is 3.71. The first-order valence-electron chi connectivity index (χ1n) is 14.7. The summed E-state index contributed by atoms with van der Waals surface area (Å²) in [6.45, 7) is 6.39. The van der Waals surface area contributed by atoms with Crippen molar-refractivity contribution in [3.8, 4) is 0 Å². The van der Waals surface area contributed by atoms with Gasteiger partial charge >= 0.3 is 0 Å². The van der Waals surface area contributed by atoms with Crippen LogP contribution in [0.5, 0.6) is 0 Å². The third-order valence-corrected chi connectivity index (χ3v) is 11.3. The van der Waals surface area contributed by atoms with Crippen molar-refractivity contribution < 1.29 is 19.5 Å². The number of aliphatic hydroxyl groups excluding tert-OH is 1. The molecule has 3 aromatic rings. The van der Waals surface area contributed by atoms with Crippen LogP contribution in [-0.2, 0) is 27.6 Å². The van der Waals surface area contributed by atoms with Gasteiger partial charge in [-0.15, -0.1) is 16.9 Å². The number of hydrogen-bond acceptors (Lipinski definition) is 7. The van der Waals surface area contributed by atoms with E-state index in [-0.39, 0.29) is 48.1 Å². The van der Waals surface area contributed by atoms with E-state index in [1.54, 1.807) is 21.3 Å². The number of benzene rings is 2. The zero-order valence-electron chi connectivity index (χ0n) is 24.1. The molecule has 3 N–H and O–H groups in total. The Labute approximate surface area is 249 Å². The predicted molar refractivity (Wildman–Crippen MR) is 160 cm³/mol. The fraction of sp³-hybridized carbons (Fsp3) is 0.516. The first-order valence-corrected chi connectivity index (χ1v) is 15.6. The van der Waals surface area contributed by atoms with Gasteiger partial charge in [-0.2, -0.15) is 0 Å². The maximum Gasteiger partial charge on any atom is 0.245 e. The third-order valence-electron chi connectivity index (χ3n) is 9.21. The van der Waals surface area contributed by atoms with Crippen LogP contribution in [0.3, 0.4) is 0 Å². The monoisotopic (exact) mass is 590 g/mol. The Balaban J connectivity index is 1.31. The molecule has 10 nitrogen and oxygen atoms in total. The minimum absolute atomic E-state index is 0.0333. The second-order valence-corrected chi connectivity index (χ2v) is 13.8. The summed E-state index contributed by atoms with van der Waals surface area (Å²) in [5.74, 6) is -1.60. The van der Waals surface area contributed by atoms with Crippen molar-refractivity contribution in [3.63, 3.8) is 0 Å². The Morgan fingerprint density at radius 3 is 2.57 bits per heavy atom. The Morgan fingerprint density at radius 1 is 1.10 bits per heavy atom. The maximum atomic E-state index is 14.4. The summed E-state index contributed by atoms with van der Waals surface area (Å²) in [6, 6.07) is 15.9. The smallest absolute Gasteiger partial charge is 0.245 e. The lowest BCUT2D eigenvalue weighted by molar-refractivity contribution is -0.143. The van der Waals surface area contributed by atoms with Crippen LogP contribution in [0.4, 0.5) is 0 Å². The molecule has 11 heteroatoms. The van der Waals surface area contributed by atoms with Crippen LogP contribution in [0, 0.1) is 23.7 Å². The second kappa shape index (κ2) is 11.3. The number of para-hydroxylation sites is 1. The zero-order valence-corrected chi connectivity index (χ0v) is 25.0. The van der Waals surface area contributed by atoms with Gasteiger partial charge in [0.2, 0.25) is 17.7 Å². The Bertz CT molecular complexity index is 1480. The van der Waals surface area contributed by atoms with Gasteiger partial charge in [0, 0.05) is 11.8 Å². The molecule has 1 aromatic heterocycles. The van der Waals surface area contributed by atoms with Gasteiger partial charge in [0.25, 0.3) is 0 Å². The molecule has 0 saturated carbocycles. The first-order chi connectivity index (χ1) is 20.3. The Hall–Kier alpha value is -3.44. The Morgan fingerprint density at radius 2 is 1.83 bits per heavy atom. The largest absolute Gasteiger partial charge is 0.394 e. The number of thioether (sulfide) groups is 1. The van der Waals surface area contributed by atoms with Crippen LogP contribution in [0.1, 0.15) is 39.2 Å². The molecule has 3 saturated heterocycles. The predicted octanol–water partition coefficient (Wildman–Crippen LogP) is 2.57. The molecule has 3 aliphatic rings. The van der Waals surface area contributed by atoms with Crippen LogP contribution in [0.15, 0.2) is 54.6 Å². The summed E-state index contributed by atoms with van der Waals surface area (Å²) in [5, 5.41) is 24.9. The Kier molecular flexibility index (Phi) is 7.74. The van der Waals surface area contributed by atoms with Crippen molar-refractivity contribution in [2.24, 2.45) is 23.7 Å². The molecule has 2 bridgehead atoms. The molecule has 6 rings (SSSR count). The number of fused-ring (bicyclic) bond motifs is 2. The molecule has 222 valence electrons. The van der Waals surface area contributed by atoms with Crippen LogP contribution >= 0.6 is 11.8 Å². The summed E-state index contributed by atoms with van der Waals surface area (Å²) in [4.78, 5) is 44.0. The van der Waals surface area contributed by atoms with Gasteiger partial charge < -0.3 is 20.6 Å². The highest BCUT2D eigenvalue weighted by molar-refractivity contribution is 8.02. The quantitative estimate of drug-likeness (QED) is 0.331. The minimum Gasteiger partial charge on any atom is -0.394 e. The van der Waals surface area contributed by atoms with Crippen LogP contribution in [0.2, 0.25) is 0 Å². The number of hydrogen-bond donors (Lipinski definition) is 3. The highest BCUT2D eigenvalue weighted by Gasteiger charge is 2.76. The van der Waals surface area contributed by atoms with Gasteiger partial charge in [0.05, 0.1) is 34.7 Å². The van der Waals surface area contributed by atoms with Crippen molar-refractivity contribution in [2.45, 2.75) is 68.9 Å². The number of aromatic nitrogens is 3. The van der Waals surface area contributed by atoms with E-state index in [0.29, 0.717) is 13.0 Å². The van der Waals surface area contributed by atoms with Crippen molar-refractivity contribution >= 4 is 40.5 Å². The van der Waals surface area contributed by atoms with E-state index in [0.717, 1.165) is 23.0 Å². The lowest BCUT2D eigenvalue weighted by atomic mass is 9.66. The van der Waals surface area contributed by atoms with Gasteiger partial charge in [0.15, 0.2) is 0 Å². The van der Waals surface area contributed by atoms with E-state index in [1.807, 2.05) is 68.4 Å². The lowest BCUT2D eigenvalue weighted by Gasteiger charge is -2.40. The molecule has 1 spiro atoms. The highest BCUT2D eigenvalue weighted by atomic mass is 32.2. The van der Waals surface area contributed by atoms with E-state index in [4.69, 9.17) is 0 Å². The molecule has 3 amide bonds. The van der Waals surface area contributed by atoms with E-state index in [9.17, 15) is 19.5 Å². The van der Waals surface area contributed by atoms with Crippen molar-refractivity contribution in [2.75, 3.05) is 6.61 Å². The molecule has 3 aliphatic heterocycles. The third kappa shape index (κ3) is 4.66. The summed E-state index contributed by atoms with van der Waals surface area (Å²) in [6.07, 6.45) is 1.30. The van der Waals surface area contributed by atoms with Gasteiger partial charge in [-0.25, -0.2) is 4.68 Å². The number of likely N-dealkylation sites (tertiary alicyclic amines) is 1. The van der Waals surface area contributed by atoms with E-state index in [1.165, 1.54) is 0 Å². The van der Waals surface area contributed by atoms with Crippen LogP contribution in [0.25, 0.3) is 11.0 Å². The highest BCUT2D eigenvalue weighted by Crippen LogP contribution is 2.68. The number of nitrogens with one attached hydrogen (secondary N) is 2. The van der Waals surface area contributed by atoms with Gasteiger partial charge in [0.1, 0.15) is 18.2 Å². The number of rotatable bonds is 10. The van der Waals surface area contributed by atoms with Crippen molar-refractivity contribution in [1.82, 2.24) is 30.5 Å². The van der Waals surface area contributed by atoms with E-state index >= 15 is 0 Å². The van der Waals surface area contributed by atoms with Crippen LogP contribution in [-0.4, -0.2) is 71.4 Å². The van der Waals surface area contributed by atoms with Gasteiger partial charge in [-0.05, 0) is 42.4 Å². The lowest BCUT2D eigenvalue weighted by Crippen LogP contribution is -2.58. The van der Waals surface area contributed by atoms with Gasteiger partial charge in [-0.1, -0.05) is 68.4 Å². The SMILES string of the molecule is CC(C)C[C@H](CO)N1C(=O)[C@@H]2[C@@H](C(=O)NCc3ccccc3)[C@H]3CC(C)C2(S3)C1C(=O)NCn1nnc2ccccc21. The zero-order chi connectivity index (χ0) is 29.6. The molecular formula is C31H38N6O4S. The topological polar surface area (TPSA) is 129 Å². The molecule has 7 atom stereocenters. The maximum absolute atomic E-state index is 14.4. The van der Waals surface area contributed by atoms with Crippen molar-refractivity contribution in [3.05, 3.63) is 60.2 Å². The standard InChI is InChI=1S/C31H38N6O4S/c1-18(2)13-21(16-38)37-27(29(40)33-17-36-23-12-8-7-11-22(23)34-35-36)31-19(3)14-24(42-31)25(26(31)30(37)41)28(39)32-15-20-9-5-4-6-10-20/h4-12,18-19,21,24-27,38H,13-17H2,1-3H3,(H,32,39)(H,33,40)/t19?,21-,24-,25+,26+,27?,31?/m1/s1. The molecule has 42 heavy (non-hydrogen) atoms. The molecule has 2 aromatic carbocycles. The minimum atomic E-state index is -0.822. The first kappa shape index (κ1) is 28.7. The number of carbonyl (C=O) groups excluding carboxylic acids is 3. The normalized spacial score (nSPS) is 28.8. The fourth-order valence-electron chi connectivity index (χ4n) is 7.46. The van der Waals surface area contributed by atoms with E-state index < -0.39 is 28.7 Å². The summed E-state index contributed by atoms with van der Waals surface area (Å²) in [5.41, 5.74) is 2.50. The molecule has 0 radical (unpaired) electrons. The second-order valence-electron chi connectivity index (χ2n) is 12.2. The molecular weight excluding hydrogens is 552 g/mol. The fourth-order valence-corrected chi connectivity index (χ4v) is 9.87.